The Morgan fingerprint density at radius 3 is 1.43 bits per heavy atom. The van der Waals surface area contributed by atoms with Crippen molar-refractivity contribution in [1.82, 2.24) is 0 Å². The third-order valence-electron chi connectivity index (χ3n) is 8.19. The van der Waals surface area contributed by atoms with Crippen LogP contribution in [0.2, 0.25) is 0 Å². The van der Waals surface area contributed by atoms with Crippen LogP contribution in [-0.4, -0.2) is 0 Å². The van der Waals surface area contributed by atoms with Crippen LogP contribution in [0.4, 0.5) is 0 Å². The van der Waals surface area contributed by atoms with Crippen LogP contribution in [0.15, 0.2) is 130 Å². The van der Waals surface area contributed by atoms with Crippen LogP contribution < -0.4 is 0 Å². The highest BCUT2D eigenvalue weighted by atomic mass is 16.3. The second kappa shape index (κ2) is 8.72. The lowest BCUT2D eigenvalue weighted by Crippen LogP contribution is -1.88. The first-order valence-electron chi connectivity index (χ1n) is 13.7. The van der Waals surface area contributed by atoms with E-state index in [1.54, 1.807) is 0 Å². The molecule has 0 aliphatic rings. The summed E-state index contributed by atoms with van der Waals surface area (Å²) in [5.41, 5.74) is 13.4. The summed E-state index contributed by atoms with van der Waals surface area (Å²) in [6.07, 6.45) is 0. The third-order valence-corrected chi connectivity index (χ3v) is 8.19. The molecule has 0 aliphatic carbocycles. The monoisotopic (exact) mass is 514 g/mol. The molecule has 0 saturated carbocycles. The molecule has 2 heterocycles. The summed E-state index contributed by atoms with van der Waals surface area (Å²) in [5, 5.41) is 4.53. The van der Waals surface area contributed by atoms with Gasteiger partial charge in [-0.25, -0.2) is 0 Å². The number of benzene rings is 6. The molecule has 0 saturated heterocycles. The zero-order valence-electron chi connectivity index (χ0n) is 22.4. The molecule has 6 aromatic carbocycles. The number of fused-ring (bicyclic) bond motifs is 6. The van der Waals surface area contributed by atoms with E-state index in [-0.39, 0.29) is 0 Å². The Kier molecular flexibility index (Phi) is 4.99. The van der Waals surface area contributed by atoms with Crippen molar-refractivity contribution in [3.8, 4) is 33.4 Å². The van der Waals surface area contributed by atoms with Gasteiger partial charge in [0, 0.05) is 21.5 Å². The van der Waals surface area contributed by atoms with E-state index >= 15 is 0 Å². The molecule has 0 fully saturated rings. The Balaban J connectivity index is 1.26. The van der Waals surface area contributed by atoms with Gasteiger partial charge in [0.25, 0.3) is 0 Å². The lowest BCUT2D eigenvalue weighted by atomic mass is 9.92. The molecule has 8 aromatic rings. The van der Waals surface area contributed by atoms with E-state index in [9.17, 15) is 0 Å². The van der Waals surface area contributed by atoms with Crippen molar-refractivity contribution in [3.63, 3.8) is 0 Å². The lowest BCUT2D eigenvalue weighted by Gasteiger charge is -2.12. The summed E-state index contributed by atoms with van der Waals surface area (Å²) in [6.45, 7) is 4.36. The van der Waals surface area contributed by atoms with Gasteiger partial charge in [-0.15, -0.1) is 0 Å². The van der Waals surface area contributed by atoms with E-state index < -0.39 is 0 Å². The van der Waals surface area contributed by atoms with Gasteiger partial charge in [0.15, 0.2) is 0 Å². The minimum absolute atomic E-state index is 0.898. The minimum atomic E-state index is 0.898. The summed E-state index contributed by atoms with van der Waals surface area (Å²) in [5.74, 6) is 0. The molecule has 190 valence electrons. The Bertz CT molecular complexity index is 2240. The van der Waals surface area contributed by atoms with Crippen molar-refractivity contribution in [2.45, 2.75) is 13.8 Å². The molecule has 0 atom stereocenters. The number of hydrogen-bond acceptors (Lipinski definition) is 2. The summed E-state index contributed by atoms with van der Waals surface area (Å²) in [7, 11) is 0. The summed E-state index contributed by atoms with van der Waals surface area (Å²) in [6, 6.07) is 43.0. The Hall–Kier alpha value is -5.08. The fourth-order valence-electron chi connectivity index (χ4n) is 6.01. The smallest absolute Gasteiger partial charge is 0.135 e. The van der Waals surface area contributed by atoms with Crippen LogP contribution in [0.3, 0.4) is 0 Å². The molecule has 8 rings (SSSR count). The highest BCUT2D eigenvalue weighted by Crippen LogP contribution is 2.38. The number of furan rings is 2. The fraction of sp³-hybridized carbons (Fsp3) is 0.0526. The van der Waals surface area contributed by atoms with Crippen LogP contribution in [-0.2, 0) is 0 Å². The number of para-hydroxylation sites is 1. The van der Waals surface area contributed by atoms with Crippen LogP contribution in [0.25, 0.3) is 77.3 Å². The molecule has 0 amide bonds. The quantitative estimate of drug-likeness (QED) is 0.234. The van der Waals surface area contributed by atoms with Gasteiger partial charge in [-0.1, -0.05) is 72.8 Å². The van der Waals surface area contributed by atoms with E-state index in [0.29, 0.717) is 0 Å². The van der Waals surface area contributed by atoms with E-state index in [4.69, 9.17) is 8.83 Å². The van der Waals surface area contributed by atoms with Crippen molar-refractivity contribution in [3.05, 3.63) is 132 Å². The van der Waals surface area contributed by atoms with Gasteiger partial charge in [-0.2, -0.15) is 0 Å². The largest absolute Gasteiger partial charge is 0.456 e. The molecule has 0 unspecified atom stereocenters. The topological polar surface area (TPSA) is 26.3 Å². The highest BCUT2D eigenvalue weighted by Gasteiger charge is 2.13. The van der Waals surface area contributed by atoms with E-state index in [2.05, 4.69) is 123 Å². The zero-order valence-corrected chi connectivity index (χ0v) is 22.4. The molecule has 2 nitrogen and oxygen atoms in total. The Morgan fingerprint density at radius 1 is 0.350 bits per heavy atom. The lowest BCUT2D eigenvalue weighted by molar-refractivity contribution is 0.668. The molecular weight excluding hydrogens is 488 g/mol. The van der Waals surface area contributed by atoms with Crippen molar-refractivity contribution in [1.29, 1.82) is 0 Å². The van der Waals surface area contributed by atoms with E-state index in [1.165, 1.54) is 33.4 Å². The first-order valence-corrected chi connectivity index (χ1v) is 13.7. The van der Waals surface area contributed by atoms with Crippen LogP contribution in [0.1, 0.15) is 11.1 Å². The minimum Gasteiger partial charge on any atom is -0.456 e. The highest BCUT2D eigenvalue weighted by molar-refractivity contribution is 6.09. The maximum absolute atomic E-state index is 6.26. The molecule has 40 heavy (non-hydrogen) atoms. The first kappa shape index (κ1) is 22.9. The van der Waals surface area contributed by atoms with Crippen molar-refractivity contribution >= 4 is 43.9 Å². The predicted octanol–water partition coefficient (Wildman–Crippen LogP) is 11.1. The normalized spacial score (nSPS) is 11.8. The van der Waals surface area contributed by atoms with Crippen molar-refractivity contribution < 1.29 is 8.83 Å². The zero-order chi connectivity index (χ0) is 26.8. The molecular formula is C38H26O2. The molecule has 0 spiro atoms. The second-order valence-electron chi connectivity index (χ2n) is 10.7. The summed E-state index contributed by atoms with van der Waals surface area (Å²) < 4.78 is 12.3. The molecule has 0 radical (unpaired) electrons. The van der Waals surface area contributed by atoms with Crippen molar-refractivity contribution in [2.24, 2.45) is 0 Å². The molecule has 2 heteroatoms. The number of hydrogen-bond donors (Lipinski definition) is 0. The number of rotatable bonds is 3. The van der Waals surface area contributed by atoms with Crippen molar-refractivity contribution in [2.75, 3.05) is 0 Å². The summed E-state index contributed by atoms with van der Waals surface area (Å²) in [4.78, 5) is 0. The second-order valence-corrected chi connectivity index (χ2v) is 10.7. The predicted molar refractivity (Wildman–Crippen MR) is 167 cm³/mol. The standard InChI is InChI=1S/C38H26O2/c1-23-7-3-4-8-29(23)31-19-25(12-11-24(31)2)27-14-17-37-33(21-27)34-22-28(15-18-38(34)40-37)26-13-16-36-32(20-26)30-9-5-6-10-35(30)39-36/h3-22H,1-2H3. The van der Waals surface area contributed by atoms with E-state index in [1.807, 2.05) is 12.1 Å². The van der Waals surface area contributed by atoms with Crippen LogP contribution in [0.5, 0.6) is 0 Å². The van der Waals surface area contributed by atoms with Gasteiger partial charge in [-0.05, 0) is 107 Å². The summed E-state index contributed by atoms with van der Waals surface area (Å²) >= 11 is 0. The average Bonchev–Trinajstić information content (AvgIpc) is 3.55. The number of aryl methyl sites for hydroxylation is 2. The Morgan fingerprint density at radius 2 is 0.800 bits per heavy atom. The van der Waals surface area contributed by atoms with Gasteiger partial charge >= 0.3 is 0 Å². The maximum Gasteiger partial charge on any atom is 0.135 e. The molecule has 0 aliphatic heterocycles. The molecule has 2 aromatic heterocycles. The van der Waals surface area contributed by atoms with Gasteiger partial charge in [0.05, 0.1) is 0 Å². The van der Waals surface area contributed by atoms with Gasteiger partial charge < -0.3 is 8.83 Å². The van der Waals surface area contributed by atoms with Gasteiger partial charge in [-0.3, -0.25) is 0 Å². The first-order chi connectivity index (χ1) is 19.6. The Labute approximate surface area is 232 Å². The van der Waals surface area contributed by atoms with Gasteiger partial charge in [0.1, 0.15) is 22.3 Å². The van der Waals surface area contributed by atoms with E-state index in [0.717, 1.165) is 55.0 Å². The molecule has 0 N–H and O–H groups in total. The fourth-order valence-corrected chi connectivity index (χ4v) is 6.01. The maximum atomic E-state index is 6.26. The molecule has 0 bridgehead atoms. The van der Waals surface area contributed by atoms with Crippen LogP contribution in [0, 0.1) is 13.8 Å². The van der Waals surface area contributed by atoms with Crippen LogP contribution >= 0.6 is 0 Å². The average molecular weight is 515 g/mol. The van der Waals surface area contributed by atoms with Gasteiger partial charge in [0.2, 0.25) is 0 Å². The SMILES string of the molecule is Cc1ccccc1-c1cc(-c2ccc3oc4ccc(-c5ccc6oc7ccccc7c6c5)cc4c3c2)ccc1C. The third kappa shape index (κ3) is 3.57.